The Balaban J connectivity index is 1.45. The lowest BCUT2D eigenvalue weighted by molar-refractivity contribution is -0.0801. The fourth-order valence-electron chi connectivity index (χ4n) is 4.23. The number of fused-ring (bicyclic) bond motifs is 2. The molecule has 0 unspecified atom stereocenters. The zero-order valence-electron chi connectivity index (χ0n) is 16.0. The molecular weight excluding hydrogens is 350 g/mol. The molecule has 2 aromatic heterocycles. The normalized spacial score (nSPS) is 18.1. The minimum absolute atomic E-state index is 0.321. The molecule has 1 spiro atoms. The highest BCUT2D eigenvalue weighted by Crippen LogP contribution is 2.41. The van der Waals surface area contributed by atoms with Crippen LogP contribution >= 0.6 is 0 Å². The summed E-state index contributed by atoms with van der Waals surface area (Å²) in [5.74, 6) is 2.57. The summed E-state index contributed by atoms with van der Waals surface area (Å²) >= 11 is 0. The molecule has 0 atom stereocenters. The van der Waals surface area contributed by atoms with Crippen molar-refractivity contribution < 1.29 is 4.74 Å². The van der Waals surface area contributed by atoms with Gasteiger partial charge >= 0.3 is 0 Å². The number of rotatable bonds is 2. The SMILES string of the molecule is Cc1nccc(N2CCC3(CC2)OCCc2cnc(-c4ccccc4)nc23)n1. The summed E-state index contributed by atoms with van der Waals surface area (Å²) in [4.78, 5) is 20.7. The van der Waals surface area contributed by atoms with Crippen LogP contribution in [0.3, 0.4) is 0 Å². The maximum Gasteiger partial charge on any atom is 0.159 e. The molecule has 6 heteroatoms. The topological polar surface area (TPSA) is 64.0 Å². The number of anilines is 1. The molecular formula is C22H23N5O. The summed E-state index contributed by atoms with van der Waals surface area (Å²) in [6.45, 7) is 4.44. The molecule has 1 aromatic carbocycles. The molecule has 2 aliphatic rings. The Labute approximate surface area is 164 Å². The summed E-state index contributed by atoms with van der Waals surface area (Å²) < 4.78 is 6.38. The minimum Gasteiger partial charge on any atom is -0.368 e. The van der Waals surface area contributed by atoms with E-state index >= 15 is 0 Å². The Bertz CT molecular complexity index is 983. The van der Waals surface area contributed by atoms with Gasteiger partial charge < -0.3 is 9.64 Å². The molecule has 5 rings (SSSR count). The summed E-state index contributed by atoms with van der Waals surface area (Å²) in [5, 5.41) is 0. The van der Waals surface area contributed by atoms with Gasteiger partial charge in [0.25, 0.3) is 0 Å². The lowest BCUT2D eigenvalue weighted by Crippen LogP contribution is -2.47. The highest BCUT2D eigenvalue weighted by Gasteiger charge is 2.42. The van der Waals surface area contributed by atoms with Gasteiger partial charge in [0.2, 0.25) is 0 Å². The number of aryl methyl sites for hydroxylation is 1. The standard InChI is InChI=1S/C22H23N5O/c1-16-23-11-7-19(25-16)27-12-9-22(10-13-27)20-18(8-14-28-22)15-24-21(26-20)17-5-3-2-4-6-17/h2-7,11,15H,8-10,12-14H2,1H3. The van der Waals surface area contributed by atoms with Crippen LogP contribution in [0.15, 0.2) is 48.8 Å². The van der Waals surface area contributed by atoms with Crippen molar-refractivity contribution in [3.05, 3.63) is 65.9 Å². The van der Waals surface area contributed by atoms with E-state index in [1.807, 2.05) is 43.6 Å². The highest BCUT2D eigenvalue weighted by molar-refractivity contribution is 5.55. The monoisotopic (exact) mass is 373 g/mol. The lowest BCUT2D eigenvalue weighted by Gasteiger charge is -2.44. The molecule has 0 amide bonds. The van der Waals surface area contributed by atoms with Crippen LogP contribution in [0.1, 0.15) is 29.9 Å². The molecule has 3 aromatic rings. The van der Waals surface area contributed by atoms with E-state index in [9.17, 15) is 0 Å². The number of benzene rings is 1. The number of aromatic nitrogens is 4. The van der Waals surface area contributed by atoms with E-state index in [-0.39, 0.29) is 5.60 Å². The molecule has 0 N–H and O–H groups in total. The second kappa shape index (κ2) is 6.95. The van der Waals surface area contributed by atoms with E-state index in [1.165, 1.54) is 5.56 Å². The van der Waals surface area contributed by atoms with Crippen LogP contribution in [-0.2, 0) is 16.8 Å². The van der Waals surface area contributed by atoms with Gasteiger partial charge in [-0.05, 0) is 37.8 Å². The summed E-state index contributed by atoms with van der Waals surface area (Å²) in [6.07, 6.45) is 6.49. The van der Waals surface area contributed by atoms with Crippen molar-refractivity contribution in [3.63, 3.8) is 0 Å². The van der Waals surface area contributed by atoms with Crippen molar-refractivity contribution >= 4 is 5.82 Å². The first kappa shape index (κ1) is 17.3. The van der Waals surface area contributed by atoms with Crippen molar-refractivity contribution in [1.82, 2.24) is 19.9 Å². The first-order valence-electron chi connectivity index (χ1n) is 9.84. The van der Waals surface area contributed by atoms with Gasteiger partial charge in [0.15, 0.2) is 5.82 Å². The van der Waals surface area contributed by atoms with Crippen LogP contribution in [0.2, 0.25) is 0 Å². The second-order valence-corrected chi connectivity index (χ2v) is 7.48. The molecule has 28 heavy (non-hydrogen) atoms. The van der Waals surface area contributed by atoms with E-state index in [0.717, 1.165) is 67.7 Å². The van der Waals surface area contributed by atoms with Gasteiger partial charge in [-0.3, -0.25) is 0 Å². The van der Waals surface area contributed by atoms with Gasteiger partial charge in [0, 0.05) is 31.0 Å². The Kier molecular flexibility index (Phi) is 4.28. The lowest BCUT2D eigenvalue weighted by atomic mass is 9.83. The van der Waals surface area contributed by atoms with E-state index < -0.39 is 0 Å². The maximum absolute atomic E-state index is 6.38. The Morgan fingerprint density at radius 2 is 1.82 bits per heavy atom. The molecule has 0 saturated carbocycles. The van der Waals surface area contributed by atoms with Gasteiger partial charge in [0.1, 0.15) is 17.2 Å². The van der Waals surface area contributed by atoms with Crippen LogP contribution in [0.4, 0.5) is 5.82 Å². The zero-order chi connectivity index (χ0) is 19.0. The highest BCUT2D eigenvalue weighted by atomic mass is 16.5. The summed E-state index contributed by atoms with van der Waals surface area (Å²) in [6, 6.07) is 12.1. The van der Waals surface area contributed by atoms with Crippen LogP contribution < -0.4 is 4.90 Å². The third-order valence-electron chi connectivity index (χ3n) is 5.73. The van der Waals surface area contributed by atoms with Crippen LogP contribution in [0, 0.1) is 6.92 Å². The van der Waals surface area contributed by atoms with Crippen molar-refractivity contribution in [3.8, 4) is 11.4 Å². The number of hydrogen-bond acceptors (Lipinski definition) is 6. The third-order valence-corrected chi connectivity index (χ3v) is 5.73. The van der Waals surface area contributed by atoms with Crippen molar-refractivity contribution in [2.45, 2.75) is 31.8 Å². The molecule has 2 aliphatic heterocycles. The zero-order valence-corrected chi connectivity index (χ0v) is 16.0. The molecule has 4 heterocycles. The van der Waals surface area contributed by atoms with Gasteiger partial charge in [-0.15, -0.1) is 0 Å². The average molecular weight is 373 g/mol. The number of hydrogen-bond donors (Lipinski definition) is 0. The van der Waals surface area contributed by atoms with Crippen molar-refractivity contribution in [2.24, 2.45) is 0 Å². The Morgan fingerprint density at radius 1 is 1.00 bits per heavy atom. The Morgan fingerprint density at radius 3 is 2.61 bits per heavy atom. The van der Waals surface area contributed by atoms with Crippen LogP contribution in [0.25, 0.3) is 11.4 Å². The first-order valence-corrected chi connectivity index (χ1v) is 9.84. The minimum atomic E-state index is -0.321. The smallest absolute Gasteiger partial charge is 0.159 e. The van der Waals surface area contributed by atoms with E-state index in [2.05, 4.69) is 32.0 Å². The molecule has 6 nitrogen and oxygen atoms in total. The summed E-state index contributed by atoms with van der Waals surface area (Å²) in [7, 11) is 0. The van der Waals surface area contributed by atoms with Crippen molar-refractivity contribution in [1.29, 1.82) is 0 Å². The van der Waals surface area contributed by atoms with Gasteiger partial charge in [-0.25, -0.2) is 19.9 Å². The number of nitrogens with zero attached hydrogens (tertiary/aromatic N) is 5. The second-order valence-electron chi connectivity index (χ2n) is 7.48. The first-order chi connectivity index (χ1) is 13.7. The molecule has 0 aliphatic carbocycles. The van der Waals surface area contributed by atoms with Crippen LogP contribution in [-0.4, -0.2) is 39.6 Å². The fourth-order valence-corrected chi connectivity index (χ4v) is 4.23. The van der Waals surface area contributed by atoms with Gasteiger partial charge in [-0.1, -0.05) is 30.3 Å². The quantitative estimate of drug-likeness (QED) is 0.687. The van der Waals surface area contributed by atoms with E-state index in [0.29, 0.717) is 0 Å². The third kappa shape index (κ3) is 3.03. The van der Waals surface area contributed by atoms with Crippen LogP contribution in [0.5, 0.6) is 0 Å². The van der Waals surface area contributed by atoms with Crippen molar-refractivity contribution in [2.75, 3.05) is 24.6 Å². The molecule has 1 saturated heterocycles. The molecule has 142 valence electrons. The molecule has 1 fully saturated rings. The van der Waals surface area contributed by atoms with Gasteiger partial charge in [-0.2, -0.15) is 0 Å². The Hall–Kier alpha value is -2.86. The average Bonchev–Trinajstić information content (AvgIpc) is 2.75. The maximum atomic E-state index is 6.38. The van der Waals surface area contributed by atoms with Gasteiger partial charge in [0.05, 0.1) is 12.3 Å². The summed E-state index contributed by atoms with van der Waals surface area (Å²) in [5.41, 5.74) is 3.02. The predicted molar refractivity (Wildman–Crippen MR) is 107 cm³/mol. The molecule has 0 radical (unpaired) electrons. The van der Waals surface area contributed by atoms with E-state index in [1.54, 1.807) is 0 Å². The number of ether oxygens (including phenoxy) is 1. The predicted octanol–water partition coefficient (Wildman–Crippen LogP) is 3.31. The number of piperidine rings is 1. The molecule has 0 bridgehead atoms. The fraction of sp³-hybridized carbons (Fsp3) is 0.364. The largest absolute Gasteiger partial charge is 0.368 e. The van der Waals surface area contributed by atoms with E-state index in [4.69, 9.17) is 9.72 Å².